The van der Waals surface area contributed by atoms with Gasteiger partial charge in [0.25, 0.3) is 0 Å². The van der Waals surface area contributed by atoms with Crippen molar-refractivity contribution in [1.82, 2.24) is 0 Å². The fourth-order valence-electron chi connectivity index (χ4n) is 3.13. The summed E-state index contributed by atoms with van der Waals surface area (Å²) in [6.45, 7) is 6.77. The molecule has 0 heterocycles. The van der Waals surface area contributed by atoms with Crippen LogP contribution in [0.3, 0.4) is 0 Å². The van der Waals surface area contributed by atoms with E-state index in [0.717, 1.165) is 12.8 Å². The molecule has 0 aliphatic rings. The van der Waals surface area contributed by atoms with E-state index in [9.17, 15) is 4.79 Å². The van der Waals surface area contributed by atoms with Crippen molar-refractivity contribution in [2.75, 3.05) is 6.61 Å². The summed E-state index contributed by atoms with van der Waals surface area (Å²) < 4.78 is 5.51. The number of esters is 1. The van der Waals surface area contributed by atoms with Crippen LogP contribution in [0.4, 0.5) is 0 Å². The number of carbonyl (C=O) groups excluding carboxylic acids is 1. The molecular formula is C23H38O2. The van der Waals surface area contributed by atoms with Crippen LogP contribution < -0.4 is 0 Å². The fraction of sp³-hybridized carbons (Fsp3) is 0.696. The maximum Gasteiger partial charge on any atom is 0.311 e. The molecule has 1 aromatic rings. The molecule has 1 rings (SSSR count). The molecule has 2 nitrogen and oxygen atoms in total. The van der Waals surface area contributed by atoms with Crippen LogP contribution in [0, 0.1) is 5.41 Å². The molecule has 25 heavy (non-hydrogen) atoms. The Kier molecular flexibility index (Phi) is 11.3. The van der Waals surface area contributed by atoms with Gasteiger partial charge in [-0.05, 0) is 32.3 Å². The monoisotopic (exact) mass is 346 g/mol. The number of rotatable bonds is 14. The van der Waals surface area contributed by atoms with Crippen molar-refractivity contribution in [2.45, 2.75) is 91.4 Å². The van der Waals surface area contributed by atoms with Crippen molar-refractivity contribution in [3.05, 3.63) is 35.9 Å². The van der Waals surface area contributed by atoms with Gasteiger partial charge in [-0.3, -0.25) is 4.79 Å². The first-order valence-electron chi connectivity index (χ1n) is 10.3. The highest BCUT2D eigenvalue weighted by Crippen LogP contribution is 2.23. The smallest absolute Gasteiger partial charge is 0.311 e. The van der Waals surface area contributed by atoms with Gasteiger partial charge in [0.1, 0.15) is 0 Å². The predicted octanol–water partition coefficient (Wildman–Crippen LogP) is 6.72. The van der Waals surface area contributed by atoms with Crippen molar-refractivity contribution >= 4 is 5.97 Å². The molecule has 0 saturated carbocycles. The molecule has 0 aromatic heterocycles. The van der Waals surface area contributed by atoms with E-state index in [-0.39, 0.29) is 5.97 Å². The largest absolute Gasteiger partial charge is 0.465 e. The van der Waals surface area contributed by atoms with E-state index in [1.54, 1.807) is 0 Å². The van der Waals surface area contributed by atoms with E-state index >= 15 is 0 Å². The molecule has 2 heteroatoms. The Hall–Kier alpha value is -1.31. The van der Waals surface area contributed by atoms with Gasteiger partial charge in [-0.1, -0.05) is 95.0 Å². The molecule has 0 bridgehead atoms. The summed E-state index contributed by atoms with van der Waals surface area (Å²) in [7, 11) is 0. The van der Waals surface area contributed by atoms with E-state index in [2.05, 4.69) is 19.1 Å². The third-order valence-electron chi connectivity index (χ3n) is 4.77. The fourth-order valence-corrected chi connectivity index (χ4v) is 3.13. The van der Waals surface area contributed by atoms with Gasteiger partial charge in [0.05, 0.1) is 12.0 Å². The summed E-state index contributed by atoms with van der Waals surface area (Å²) in [6.07, 6.45) is 13.7. The van der Waals surface area contributed by atoms with Crippen LogP contribution in [0.5, 0.6) is 0 Å². The van der Waals surface area contributed by atoms with Gasteiger partial charge in [-0.2, -0.15) is 0 Å². The summed E-state index contributed by atoms with van der Waals surface area (Å²) in [6, 6.07) is 10.2. The molecule has 0 radical (unpaired) electrons. The van der Waals surface area contributed by atoms with E-state index in [1.165, 1.54) is 63.4 Å². The lowest BCUT2D eigenvalue weighted by Gasteiger charge is -2.22. The third kappa shape index (κ3) is 10.3. The maximum atomic E-state index is 12.3. The van der Waals surface area contributed by atoms with Crippen LogP contribution in [0.25, 0.3) is 0 Å². The average Bonchev–Trinajstić information content (AvgIpc) is 2.60. The van der Waals surface area contributed by atoms with E-state index < -0.39 is 5.41 Å². The number of hydrogen-bond acceptors (Lipinski definition) is 2. The predicted molar refractivity (Wildman–Crippen MR) is 107 cm³/mol. The lowest BCUT2D eigenvalue weighted by Crippen LogP contribution is -2.29. The lowest BCUT2D eigenvalue weighted by molar-refractivity contribution is -0.154. The van der Waals surface area contributed by atoms with Gasteiger partial charge < -0.3 is 4.74 Å². The number of hydrogen-bond donors (Lipinski definition) is 0. The average molecular weight is 347 g/mol. The first-order chi connectivity index (χ1) is 12.1. The Balaban J connectivity index is 2.04. The van der Waals surface area contributed by atoms with E-state index in [0.29, 0.717) is 6.61 Å². The first kappa shape index (κ1) is 21.7. The molecule has 0 saturated heterocycles. The van der Waals surface area contributed by atoms with Crippen molar-refractivity contribution in [3.63, 3.8) is 0 Å². The van der Waals surface area contributed by atoms with Gasteiger partial charge in [0.2, 0.25) is 0 Å². The molecule has 0 spiro atoms. The highest BCUT2D eigenvalue weighted by Gasteiger charge is 2.29. The summed E-state index contributed by atoms with van der Waals surface area (Å²) in [4.78, 5) is 12.3. The molecule has 0 unspecified atom stereocenters. The number of benzene rings is 1. The molecule has 0 aliphatic heterocycles. The minimum atomic E-state index is -0.458. The molecular weight excluding hydrogens is 308 g/mol. The van der Waals surface area contributed by atoms with Crippen molar-refractivity contribution in [3.8, 4) is 0 Å². The second-order valence-electron chi connectivity index (χ2n) is 7.86. The van der Waals surface area contributed by atoms with Crippen LogP contribution in [-0.2, 0) is 16.0 Å². The lowest BCUT2D eigenvalue weighted by atomic mass is 9.86. The highest BCUT2D eigenvalue weighted by molar-refractivity contribution is 5.76. The quantitative estimate of drug-likeness (QED) is 0.276. The van der Waals surface area contributed by atoms with E-state index in [1.807, 2.05) is 32.0 Å². The Morgan fingerprint density at radius 3 is 1.92 bits per heavy atom. The minimum Gasteiger partial charge on any atom is -0.465 e. The zero-order valence-corrected chi connectivity index (χ0v) is 16.7. The number of carbonyl (C=O) groups is 1. The van der Waals surface area contributed by atoms with Crippen LogP contribution in [0.1, 0.15) is 90.5 Å². The molecule has 1 aromatic carbocycles. The Labute approximate surface area is 155 Å². The van der Waals surface area contributed by atoms with Gasteiger partial charge in [-0.25, -0.2) is 0 Å². The van der Waals surface area contributed by atoms with Crippen LogP contribution >= 0.6 is 0 Å². The summed E-state index contributed by atoms with van der Waals surface area (Å²) in [5, 5.41) is 0. The van der Waals surface area contributed by atoms with Crippen LogP contribution in [0.2, 0.25) is 0 Å². The van der Waals surface area contributed by atoms with Crippen molar-refractivity contribution in [2.24, 2.45) is 5.41 Å². The summed E-state index contributed by atoms with van der Waals surface area (Å²) >= 11 is 0. The first-order valence-corrected chi connectivity index (χ1v) is 10.3. The minimum absolute atomic E-state index is 0.0766. The van der Waals surface area contributed by atoms with Gasteiger partial charge in [-0.15, -0.1) is 0 Å². The van der Waals surface area contributed by atoms with Crippen molar-refractivity contribution in [1.29, 1.82) is 0 Å². The van der Waals surface area contributed by atoms with Crippen molar-refractivity contribution < 1.29 is 9.53 Å². The Bertz CT molecular complexity index is 450. The topological polar surface area (TPSA) is 26.3 Å². The van der Waals surface area contributed by atoms with Gasteiger partial charge in [0.15, 0.2) is 0 Å². The standard InChI is InChI=1S/C23H38O2/c1-4-5-6-7-8-9-10-11-12-16-19-25-22(24)23(2,3)20-21-17-14-13-15-18-21/h13-15,17-18H,4-12,16,19-20H2,1-3H3. The van der Waals surface area contributed by atoms with E-state index in [4.69, 9.17) is 4.74 Å². The number of unbranched alkanes of at least 4 members (excludes halogenated alkanes) is 9. The van der Waals surface area contributed by atoms with Gasteiger partial charge in [0, 0.05) is 0 Å². The summed E-state index contributed by atoms with van der Waals surface area (Å²) in [5.74, 6) is -0.0766. The Morgan fingerprint density at radius 2 is 1.36 bits per heavy atom. The SMILES string of the molecule is CCCCCCCCCCCCOC(=O)C(C)(C)Cc1ccccc1. The number of ether oxygens (including phenoxy) is 1. The second kappa shape index (κ2) is 13.0. The Morgan fingerprint density at radius 1 is 0.840 bits per heavy atom. The highest BCUT2D eigenvalue weighted by atomic mass is 16.5. The molecule has 142 valence electrons. The van der Waals surface area contributed by atoms with Crippen LogP contribution in [0.15, 0.2) is 30.3 Å². The van der Waals surface area contributed by atoms with Gasteiger partial charge >= 0.3 is 5.97 Å². The van der Waals surface area contributed by atoms with Crippen LogP contribution in [-0.4, -0.2) is 12.6 Å². The molecule has 0 fully saturated rings. The zero-order valence-electron chi connectivity index (χ0n) is 16.7. The third-order valence-corrected chi connectivity index (χ3v) is 4.77. The molecule has 0 N–H and O–H groups in total. The zero-order chi connectivity index (χ0) is 18.4. The molecule has 0 aliphatic carbocycles. The summed E-state index contributed by atoms with van der Waals surface area (Å²) in [5.41, 5.74) is 0.725. The molecule has 0 atom stereocenters. The second-order valence-corrected chi connectivity index (χ2v) is 7.86. The normalized spacial score (nSPS) is 11.5. The maximum absolute atomic E-state index is 12.3. The molecule has 0 amide bonds.